The van der Waals surface area contributed by atoms with E-state index in [0.29, 0.717) is 46.8 Å². The zero-order valence-corrected chi connectivity index (χ0v) is 31.9. The molecule has 3 aliphatic rings. The van der Waals surface area contributed by atoms with E-state index in [2.05, 4.69) is 20.6 Å². The fourth-order valence-electron chi connectivity index (χ4n) is 7.89. The zero-order chi connectivity index (χ0) is 39.0. The molecule has 1 aliphatic carbocycles. The summed E-state index contributed by atoms with van der Waals surface area (Å²) in [7, 11) is 0. The summed E-state index contributed by atoms with van der Waals surface area (Å²) in [5, 5.41) is 16.8. The van der Waals surface area contributed by atoms with Crippen molar-refractivity contribution in [1.82, 2.24) is 40.5 Å². The number of allylic oxidation sites excluding steroid dienone is 1. The number of amides is 3. The van der Waals surface area contributed by atoms with Gasteiger partial charge in [0, 0.05) is 24.2 Å². The lowest BCUT2D eigenvalue weighted by molar-refractivity contribution is -0.146. The van der Waals surface area contributed by atoms with Crippen LogP contribution in [0.3, 0.4) is 0 Å². The van der Waals surface area contributed by atoms with Crippen molar-refractivity contribution in [3.05, 3.63) is 84.5 Å². The van der Waals surface area contributed by atoms with Crippen LogP contribution in [-0.2, 0) is 14.4 Å². The molecule has 14 nitrogen and oxygen atoms in total. The number of rotatable bonds is 7. The second-order valence-corrected chi connectivity index (χ2v) is 15.7. The van der Waals surface area contributed by atoms with E-state index in [-0.39, 0.29) is 30.3 Å². The van der Waals surface area contributed by atoms with Crippen LogP contribution in [0, 0.1) is 18.8 Å². The van der Waals surface area contributed by atoms with Crippen LogP contribution < -0.4 is 15.4 Å². The summed E-state index contributed by atoms with van der Waals surface area (Å²) in [5.41, 5.74) is 1.21. The van der Waals surface area contributed by atoms with Crippen LogP contribution in [-0.4, -0.2) is 88.9 Å². The van der Waals surface area contributed by atoms with Crippen molar-refractivity contribution in [2.24, 2.45) is 11.8 Å². The molecule has 5 aromatic rings. The predicted octanol–water partition coefficient (Wildman–Crippen LogP) is 5.27. The maximum Gasteiger partial charge on any atom is 0.330 e. The number of carboxylic acids is 1. The average Bonchev–Trinajstić information content (AvgIpc) is 3.53. The lowest BCUT2D eigenvalue weighted by Crippen LogP contribution is -2.57. The highest BCUT2D eigenvalue weighted by molar-refractivity contribution is 7.21. The molecule has 0 spiro atoms. The van der Waals surface area contributed by atoms with Crippen molar-refractivity contribution in [2.75, 3.05) is 6.54 Å². The number of ether oxygens (including phenoxy) is 1. The number of hydrogen-bond donors (Lipinski definition) is 3. The van der Waals surface area contributed by atoms with Gasteiger partial charge in [0.15, 0.2) is 5.69 Å². The van der Waals surface area contributed by atoms with Gasteiger partial charge in [0.25, 0.3) is 5.91 Å². The van der Waals surface area contributed by atoms with Crippen molar-refractivity contribution in [1.29, 1.82) is 0 Å². The quantitative estimate of drug-likeness (QED) is 0.183. The van der Waals surface area contributed by atoms with E-state index >= 15 is 0 Å². The van der Waals surface area contributed by atoms with Crippen molar-refractivity contribution in [2.45, 2.75) is 82.5 Å². The van der Waals surface area contributed by atoms with E-state index < -0.39 is 53.3 Å². The molecule has 3 N–H and O–H groups in total. The Morgan fingerprint density at radius 1 is 1.00 bits per heavy atom. The highest BCUT2D eigenvalue weighted by Gasteiger charge is 2.62. The number of carboxylic acid groups (broad SMARTS) is 1. The Morgan fingerprint density at radius 2 is 1.73 bits per heavy atom. The minimum absolute atomic E-state index is 0.0212. The van der Waals surface area contributed by atoms with Gasteiger partial charge in [-0.2, -0.15) is 0 Å². The maximum absolute atomic E-state index is 14.8. The monoisotopic (exact) mass is 774 g/mol. The number of benzene rings is 2. The predicted molar refractivity (Wildman–Crippen MR) is 209 cm³/mol. The van der Waals surface area contributed by atoms with Crippen molar-refractivity contribution in [3.63, 3.8) is 0 Å². The average molecular weight is 775 g/mol. The van der Waals surface area contributed by atoms with E-state index in [0.717, 1.165) is 29.5 Å². The number of aromatic nitrogens is 5. The van der Waals surface area contributed by atoms with Crippen molar-refractivity contribution in [3.8, 4) is 16.6 Å². The van der Waals surface area contributed by atoms with Gasteiger partial charge in [-0.1, -0.05) is 56.2 Å². The second-order valence-electron chi connectivity index (χ2n) is 14.7. The summed E-state index contributed by atoms with van der Waals surface area (Å²) < 4.78 is 7.77. The van der Waals surface area contributed by atoms with Crippen LogP contribution in [0.1, 0.15) is 68.1 Å². The first-order valence-electron chi connectivity index (χ1n) is 19.1. The Kier molecular flexibility index (Phi) is 10.2. The summed E-state index contributed by atoms with van der Waals surface area (Å²) in [4.78, 5) is 80.1. The largest absolute Gasteiger partial charge is 0.479 e. The summed E-state index contributed by atoms with van der Waals surface area (Å²) in [6, 6.07) is 13.1. The van der Waals surface area contributed by atoms with Gasteiger partial charge >= 0.3 is 5.97 Å². The number of aryl methyl sites for hydroxylation is 1. The number of carbonyl (C=O) groups is 4. The Labute approximate surface area is 326 Å². The number of hydrogen-bond acceptors (Lipinski definition) is 11. The van der Waals surface area contributed by atoms with Gasteiger partial charge in [0.2, 0.25) is 17.7 Å². The topological polar surface area (TPSA) is 189 Å². The van der Waals surface area contributed by atoms with Crippen LogP contribution in [0.2, 0.25) is 0 Å². The van der Waals surface area contributed by atoms with Crippen LogP contribution in [0.15, 0.2) is 73.1 Å². The SMILES string of the molecule is CCC1[C@@H](Oc2nc3ccccc3nc2-c2nc3ccccc3s2)CN2C(=O)[C@@H](NC(=O)c3cnc(C)nc3)CCCCCC=C[C@@H]3C[C@@]3(C(=O)O)NC(=O)[C@H]12. The molecule has 8 rings (SSSR count). The molecular formula is C41H42N8O6S. The number of aliphatic carboxylic acids is 1. The third-order valence-corrected chi connectivity index (χ3v) is 12.1. The first-order chi connectivity index (χ1) is 27.1. The smallest absolute Gasteiger partial charge is 0.330 e. The highest BCUT2D eigenvalue weighted by atomic mass is 32.1. The van der Waals surface area contributed by atoms with Gasteiger partial charge in [-0.3, -0.25) is 14.4 Å². The first-order valence-corrected chi connectivity index (χ1v) is 19.9. The number of nitrogens with one attached hydrogen (secondary N) is 2. The number of thiazole rings is 1. The Morgan fingerprint density at radius 3 is 2.46 bits per heavy atom. The molecule has 0 radical (unpaired) electrons. The molecule has 2 aromatic carbocycles. The minimum Gasteiger partial charge on any atom is -0.479 e. The van der Waals surface area contributed by atoms with Gasteiger partial charge in [-0.05, 0) is 63.3 Å². The maximum atomic E-state index is 14.8. The molecule has 3 aromatic heterocycles. The van der Waals surface area contributed by atoms with E-state index in [1.165, 1.54) is 28.6 Å². The summed E-state index contributed by atoms with van der Waals surface area (Å²) in [5.74, 6) is -2.93. The molecule has 5 heterocycles. The Hall–Kier alpha value is -5.83. The molecular weight excluding hydrogens is 733 g/mol. The van der Waals surface area contributed by atoms with E-state index in [1.807, 2.05) is 67.6 Å². The third kappa shape index (κ3) is 7.18. The number of fused-ring (bicyclic) bond motifs is 4. The van der Waals surface area contributed by atoms with Gasteiger partial charge in [-0.25, -0.2) is 29.7 Å². The molecule has 1 saturated heterocycles. The normalized spacial score (nSPS) is 25.5. The second kappa shape index (κ2) is 15.4. The first kappa shape index (κ1) is 37.1. The summed E-state index contributed by atoms with van der Waals surface area (Å²) in [6.45, 7) is 3.60. The van der Waals surface area contributed by atoms with Crippen molar-refractivity contribution >= 4 is 56.3 Å². The standard InChI is InChI=1S/C41H42N8O6S/c1-3-26-31(55-37-33(44-27-14-9-10-15-28(27)46-37)38-47-29-16-11-12-18-32(29)56-38)22-49-34(26)36(51)48-41(40(53)54)19-25(41)13-7-5-4-6-8-17-30(39(49)52)45-35(50)24-20-42-23(2)43-21-24/h7,9-16,18,20-21,25-26,30-31,34H,3-6,8,17,19,22H2,1-2H3,(H,45,50)(H,48,51)(H,53,54)/t25-,26?,30+,31+,34+,41-/m1/s1. The lowest BCUT2D eigenvalue weighted by Gasteiger charge is -2.31. The molecule has 2 fully saturated rings. The molecule has 15 heteroatoms. The van der Waals surface area contributed by atoms with Crippen LogP contribution in [0.25, 0.3) is 32.0 Å². The summed E-state index contributed by atoms with van der Waals surface area (Å²) >= 11 is 1.46. The molecule has 1 unspecified atom stereocenters. The molecule has 288 valence electrons. The molecule has 0 bridgehead atoms. The molecule has 6 atom stereocenters. The van der Waals surface area contributed by atoms with E-state index in [4.69, 9.17) is 19.7 Å². The van der Waals surface area contributed by atoms with Gasteiger partial charge in [-0.15, -0.1) is 11.3 Å². The number of para-hydroxylation sites is 3. The summed E-state index contributed by atoms with van der Waals surface area (Å²) in [6.07, 6.45) is 9.87. The van der Waals surface area contributed by atoms with Gasteiger partial charge in [0.05, 0.1) is 33.4 Å². The molecule has 3 amide bonds. The van der Waals surface area contributed by atoms with Gasteiger partial charge < -0.3 is 25.4 Å². The van der Waals surface area contributed by atoms with E-state index in [9.17, 15) is 24.3 Å². The molecule has 56 heavy (non-hydrogen) atoms. The third-order valence-electron chi connectivity index (χ3n) is 11.0. The van der Waals surface area contributed by atoms with Crippen LogP contribution >= 0.6 is 11.3 Å². The van der Waals surface area contributed by atoms with E-state index in [1.54, 1.807) is 6.92 Å². The lowest BCUT2D eigenvalue weighted by atomic mass is 9.93. The molecule has 1 saturated carbocycles. The van der Waals surface area contributed by atoms with Crippen LogP contribution in [0.5, 0.6) is 5.88 Å². The van der Waals surface area contributed by atoms with Crippen molar-refractivity contribution < 1.29 is 29.0 Å². The van der Waals surface area contributed by atoms with Crippen LogP contribution in [0.4, 0.5) is 0 Å². The fraction of sp³-hybridized carbons (Fsp3) is 0.390. The zero-order valence-electron chi connectivity index (χ0n) is 31.1. The Bertz CT molecular complexity index is 2320. The Balaban J connectivity index is 1.18. The minimum atomic E-state index is -1.48. The number of nitrogens with zero attached hydrogens (tertiary/aromatic N) is 6. The highest BCUT2D eigenvalue weighted by Crippen LogP contribution is 2.46. The molecule has 2 aliphatic heterocycles. The number of carbonyl (C=O) groups excluding carboxylic acids is 3. The van der Waals surface area contributed by atoms with Gasteiger partial charge in [0.1, 0.15) is 34.6 Å². The fourth-order valence-corrected chi connectivity index (χ4v) is 8.83.